The average molecular weight is 473 g/mol. The van der Waals surface area contributed by atoms with E-state index in [1.807, 2.05) is 18.7 Å². The molecule has 33 heavy (non-hydrogen) atoms. The summed E-state index contributed by atoms with van der Waals surface area (Å²) in [6.45, 7) is 8.53. The molecule has 0 unspecified atom stereocenters. The summed E-state index contributed by atoms with van der Waals surface area (Å²) >= 11 is 5.86. The van der Waals surface area contributed by atoms with Gasteiger partial charge in [-0.2, -0.15) is 0 Å². The van der Waals surface area contributed by atoms with Crippen molar-refractivity contribution in [2.24, 2.45) is 0 Å². The molecule has 2 aromatic rings. The molecule has 0 radical (unpaired) electrons. The number of piperazine rings is 1. The molecule has 176 valence electrons. The second kappa shape index (κ2) is 11.2. The Hall–Kier alpha value is -3.10. The Kier molecular flexibility index (Phi) is 8.30. The molecular weight excluding hydrogens is 444 g/mol. The molecule has 1 saturated heterocycles. The van der Waals surface area contributed by atoms with E-state index in [9.17, 15) is 19.5 Å². The van der Waals surface area contributed by atoms with Crippen LogP contribution in [0.2, 0.25) is 5.02 Å². The van der Waals surface area contributed by atoms with Crippen LogP contribution < -0.4 is 10.2 Å². The van der Waals surface area contributed by atoms with Crippen molar-refractivity contribution in [3.8, 4) is 0 Å². The molecule has 0 aliphatic carbocycles. The largest absolute Gasteiger partial charge is 0.478 e. The van der Waals surface area contributed by atoms with Crippen molar-refractivity contribution in [2.75, 3.05) is 56.0 Å². The fourth-order valence-corrected chi connectivity index (χ4v) is 3.97. The van der Waals surface area contributed by atoms with Crippen LogP contribution in [-0.2, 0) is 4.79 Å². The van der Waals surface area contributed by atoms with Gasteiger partial charge in [-0.05, 0) is 56.3 Å². The van der Waals surface area contributed by atoms with Gasteiger partial charge < -0.3 is 20.2 Å². The highest BCUT2D eigenvalue weighted by molar-refractivity contribution is 6.30. The molecule has 2 aromatic carbocycles. The molecule has 0 atom stereocenters. The molecule has 1 aliphatic heterocycles. The number of aromatic carboxylic acids is 1. The van der Waals surface area contributed by atoms with Crippen LogP contribution in [0, 0.1) is 0 Å². The molecule has 8 nitrogen and oxygen atoms in total. The van der Waals surface area contributed by atoms with E-state index in [1.165, 1.54) is 0 Å². The number of likely N-dealkylation sites (N-methyl/N-ethyl adjacent to an activating group) is 1. The molecule has 0 spiro atoms. The highest BCUT2D eigenvalue weighted by Crippen LogP contribution is 2.25. The van der Waals surface area contributed by atoms with E-state index < -0.39 is 11.9 Å². The minimum absolute atomic E-state index is 0.0222. The van der Waals surface area contributed by atoms with Gasteiger partial charge in [-0.15, -0.1) is 0 Å². The number of hydrogen-bond donors (Lipinski definition) is 2. The number of anilines is 2. The zero-order chi connectivity index (χ0) is 24.0. The second-order valence-corrected chi connectivity index (χ2v) is 8.26. The first-order valence-electron chi connectivity index (χ1n) is 11.0. The zero-order valence-electron chi connectivity index (χ0n) is 18.9. The van der Waals surface area contributed by atoms with Gasteiger partial charge in [0.1, 0.15) is 0 Å². The van der Waals surface area contributed by atoms with Gasteiger partial charge >= 0.3 is 5.97 Å². The summed E-state index contributed by atoms with van der Waals surface area (Å²) in [5.74, 6) is -1.40. The highest BCUT2D eigenvalue weighted by atomic mass is 35.5. The number of halogens is 1. The van der Waals surface area contributed by atoms with Gasteiger partial charge in [0, 0.05) is 55.5 Å². The molecule has 1 fully saturated rings. The van der Waals surface area contributed by atoms with Gasteiger partial charge in [0.2, 0.25) is 5.91 Å². The van der Waals surface area contributed by atoms with Crippen LogP contribution in [0.25, 0.3) is 0 Å². The molecule has 0 aromatic heterocycles. The monoisotopic (exact) mass is 472 g/mol. The predicted molar refractivity (Wildman–Crippen MR) is 129 cm³/mol. The molecule has 1 aliphatic rings. The number of rotatable bonds is 8. The van der Waals surface area contributed by atoms with Gasteiger partial charge in [-0.1, -0.05) is 11.6 Å². The fraction of sp³-hybridized carbons (Fsp3) is 0.375. The Bertz CT molecular complexity index is 1000. The summed E-state index contributed by atoms with van der Waals surface area (Å²) in [6.07, 6.45) is 0. The van der Waals surface area contributed by atoms with E-state index in [1.54, 1.807) is 42.5 Å². The third kappa shape index (κ3) is 6.24. The topological polar surface area (TPSA) is 93.2 Å². The van der Waals surface area contributed by atoms with E-state index in [-0.39, 0.29) is 17.2 Å². The lowest BCUT2D eigenvalue weighted by molar-refractivity contribution is -0.132. The summed E-state index contributed by atoms with van der Waals surface area (Å²) < 4.78 is 0. The maximum Gasteiger partial charge on any atom is 0.337 e. The average Bonchev–Trinajstić information content (AvgIpc) is 2.81. The number of carbonyl (C=O) groups is 3. The van der Waals surface area contributed by atoms with E-state index >= 15 is 0 Å². The SMILES string of the molecule is CCN(CC)C(=O)CN1CCN(c2ccc(NC(=O)c3ccc(Cl)cc3)c(C(=O)O)c2)CC1. The molecule has 0 saturated carbocycles. The first-order valence-corrected chi connectivity index (χ1v) is 11.4. The Morgan fingerprint density at radius 1 is 1.00 bits per heavy atom. The van der Waals surface area contributed by atoms with Crippen molar-refractivity contribution in [3.05, 3.63) is 58.6 Å². The molecule has 0 bridgehead atoms. The number of carboxylic acid groups (broad SMARTS) is 1. The van der Waals surface area contributed by atoms with Crippen molar-refractivity contribution < 1.29 is 19.5 Å². The standard InChI is InChI=1S/C24H29ClN4O4/c1-3-28(4-2)22(30)16-27-11-13-29(14-12-27)19-9-10-21(20(15-19)24(32)33)26-23(31)17-5-7-18(25)8-6-17/h5-10,15H,3-4,11-14,16H2,1-2H3,(H,26,31)(H,32,33). The molecular formula is C24H29ClN4O4. The fourth-order valence-electron chi connectivity index (χ4n) is 3.84. The van der Waals surface area contributed by atoms with Crippen LogP contribution in [0.15, 0.2) is 42.5 Å². The Morgan fingerprint density at radius 3 is 2.21 bits per heavy atom. The van der Waals surface area contributed by atoms with Gasteiger partial charge in [0.25, 0.3) is 5.91 Å². The predicted octanol–water partition coefficient (Wildman–Crippen LogP) is 3.28. The van der Waals surface area contributed by atoms with E-state index in [2.05, 4.69) is 15.1 Å². The van der Waals surface area contributed by atoms with Crippen LogP contribution in [0.3, 0.4) is 0 Å². The third-order valence-electron chi connectivity index (χ3n) is 5.80. The first-order chi connectivity index (χ1) is 15.8. The van der Waals surface area contributed by atoms with Crippen molar-refractivity contribution >= 4 is 40.8 Å². The quantitative estimate of drug-likeness (QED) is 0.612. The summed E-state index contributed by atoms with van der Waals surface area (Å²) in [4.78, 5) is 42.8. The van der Waals surface area contributed by atoms with Gasteiger partial charge in [0.05, 0.1) is 17.8 Å². The van der Waals surface area contributed by atoms with Gasteiger partial charge in [-0.3, -0.25) is 14.5 Å². The van der Waals surface area contributed by atoms with E-state index in [0.717, 1.165) is 5.69 Å². The second-order valence-electron chi connectivity index (χ2n) is 7.83. The Labute approximate surface area is 198 Å². The lowest BCUT2D eigenvalue weighted by Crippen LogP contribution is -2.50. The van der Waals surface area contributed by atoms with Gasteiger partial charge in [-0.25, -0.2) is 4.79 Å². The van der Waals surface area contributed by atoms with Crippen LogP contribution >= 0.6 is 11.6 Å². The maximum absolute atomic E-state index is 12.5. The minimum atomic E-state index is -1.12. The Balaban J connectivity index is 1.66. The molecule has 9 heteroatoms. The highest BCUT2D eigenvalue weighted by Gasteiger charge is 2.22. The van der Waals surface area contributed by atoms with Crippen LogP contribution in [0.5, 0.6) is 0 Å². The lowest BCUT2D eigenvalue weighted by Gasteiger charge is -2.36. The third-order valence-corrected chi connectivity index (χ3v) is 6.05. The summed E-state index contributed by atoms with van der Waals surface area (Å²) in [5, 5.41) is 12.9. The van der Waals surface area contributed by atoms with Crippen LogP contribution in [0.4, 0.5) is 11.4 Å². The number of amides is 2. The van der Waals surface area contributed by atoms with E-state index in [4.69, 9.17) is 11.6 Å². The number of nitrogens with one attached hydrogen (secondary N) is 1. The molecule has 2 N–H and O–H groups in total. The molecule has 2 amide bonds. The van der Waals surface area contributed by atoms with Crippen molar-refractivity contribution in [1.29, 1.82) is 0 Å². The number of nitrogens with zero attached hydrogens (tertiary/aromatic N) is 3. The smallest absolute Gasteiger partial charge is 0.337 e. The Morgan fingerprint density at radius 2 is 1.64 bits per heavy atom. The molecule has 3 rings (SSSR count). The van der Waals surface area contributed by atoms with Crippen molar-refractivity contribution in [3.63, 3.8) is 0 Å². The van der Waals surface area contributed by atoms with E-state index in [0.29, 0.717) is 56.4 Å². The minimum Gasteiger partial charge on any atom is -0.478 e. The summed E-state index contributed by atoms with van der Waals surface area (Å²) in [7, 11) is 0. The zero-order valence-corrected chi connectivity index (χ0v) is 19.6. The number of benzene rings is 2. The van der Waals surface area contributed by atoms with Gasteiger partial charge in [0.15, 0.2) is 0 Å². The number of carbonyl (C=O) groups excluding carboxylic acids is 2. The number of carboxylic acids is 1. The van der Waals surface area contributed by atoms with Crippen LogP contribution in [-0.4, -0.2) is 78.5 Å². The maximum atomic E-state index is 12.5. The van der Waals surface area contributed by atoms with Crippen molar-refractivity contribution in [1.82, 2.24) is 9.80 Å². The van der Waals surface area contributed by atoms with Crippen molar-refractivity contribution in [2.45, 2.75) is 13.8 Å². The normalized spacial score (nSPS) is 14.1. The number of hydrogen-bond acceptors (Lipinski definition) is 5. The first kappa shape index (κ1) is 24.5. The summed E-state index contributed by atoms with van der Waals surface area (Å²) in [6, 6.07) is 11.4. The molecule has 1 heterocycles. The van der Waals surface area contributed by atoms with Crippen LogP contribution in [0.1, 0.15) is 34.6 Å². The lowest BCUT2D eigenvalue weighted by atomic mass is 10.1. The summed E-state index contributed by atoms with van der Waals surface area (Å²) in [5.41, 5.74) is 1.41.